The quantitative estimate of drug-likeness (QED) is 0.785. The van der Waals surface area contributed by atoms with Crippen LogP contribution in [0.2, 0.25) is 0 Å². The zero-order valence-corrected chi connectivity index (χ0v) is 13.3. The van der Waals surface area contributed by atoms with Crippen molar-refractivity contribution in [1.29, 1.82) is 0 Å². The Labute approximate surface area is 136 Å². The summed E-state index contributed by atoms with van der Waals surface area (Å²) >= 11 is 0. The zero-order valence-electron chi connectivity index (χ0n) is 11.7. The summed E-state index contributed by atoms with van der Waals surface area (Å²) in [5.74, 6) is -0.0818. The van der Waals surface area contributed by atoms with Crippen LogP contribution in [0, 0.1) is 0 Å². The molecule has 0 aromatic carbocycles. The van der Waals surface area contributed by atoms with Crippen LogP contribution in [0.1, 0.15) is 23.8 Å². The number of esters is 1. The highest BCUT2D eigenvalue weighted by Gasteiger charge is 2.23. The van der Waals surface area contributed by atoms with Crippen LogP contribution in [-0.4, -0.2) is 48.0 Å². The maximum Gasteiger partial charge on any atom is 0.360 e. The molecule has 2 atom stereocenters. The number of aliphatic hydroxyl groups excluding tert-OH is 1. The average molecular weight is 339 g/mol. The number of aromatic nitrogens is 1. The van der Waals surface area contributed by atoms with Gasteiger partial charge in [0.2, 0.25) is 0 Å². The minimum Gasteiger partial charge on any atom is -0.489 e. The molecule has 0 amide bonds. The van der Waals surface area contributed by atoms with E-state index in [0.717, 1.165) is 0 Å². The van der Waals surface area contributed by atoms with Crippen molar-refractivity contribution in [2.24, 2.45) is 0 Å². The summed E-state index contributed by atoms with van der Waals surface area (Å²) in [6.45, 7) is 3.00. The van der Waals surface area contributed by atoms with E-state index in [1.165, 1.54) is 6.20 Å². The predicted molar refractivity (Wildman–Crippen MR) is 82.6 cm³/mol. The van der Waals surface area contributed by atoms with Crippen molar-refractivity contribution in [2.45, 2.75) is 25.5 Å². The maximum atomic E-state index is 11.7. The van der Waals surface area contributed by atoms with Gasteiger partial charge in [-0.3, -0.25) is 0 Å². The number of carbonyl (C=O) groups is 1. The van der Waals surface area contributed by atoms with Crippen molar-refractivity contribution in [1.82, 2.24) is 10.3 Å². The standard InChI is InChI=1S/C13H18N2O4.2ClH/c1-2-18-13(17)12-11(4-3-5-14-12)19-8-9-6-10(16)7-15-9;;/h3-5,9-10,15-16H,2,6-8H2,1H3;2*1H/t9-,10+;;/m1../s1. The summed E-state index contributed by atoms with van der Waals surface area (Å²) in [5.41, 5.74) is 0.183. The van der Waals surface area contributed by atoms with Crippen LogP contribution in [0.4, 0.5) is 0 Å². The van der Waals surface area contributed by atoms with Gasteiger partial charge in [0.15, 0.2) is 11.4 Å². The SMILES string of the molecule is CCOC(=O)c1ncccc1OC[C@H]1C[C@H](O)CN1.Cl.Cl. The number of rotatable bonds is 5. The molecule has 1 saturated heterocycles. The molecule has 21 heavy (non-hydrogen) atoms. The summed E-state index contributed by atoms with van der Waals surface area (Å²) in [7, 11) is 0. The molecule has 0 unspecified atom stereocenters. The van der Waals surface area contributed by atoms with E-state index >= 15 is 0 Å². The lowest BCUT2D eigenvalue weighted by Gasteiger charge is -2.13. The lowest BCUT2D eigenvalue weighted by Crippen LogP contribution is -2.28. The molecule has 0 radical (unpaired) electrons. The second kappa shape index (κ2) is 9.78. The number of ether oxygens (including phenoxy) is 2. The summed E-state index contributed by atoms with van der Waals surface area (Å²) in [6, 6.07) is 3.48. The number of β-amino-alcohol motifs (C(OH)–C–C–N with tert-alkyl or cyclic N) is 1. The molecule has 2 heterocycles. The third-order valence-corrected chi connectivity index (χ3v) is 2.88. The van der Waals surface area contributed by atoms with Gasteiger partial charge in [-0.25, -0.2) is 9.78 Å². The Morgan fingerprint density at radius 1 is 1.52 bits per heavy atom. The summed E-state index contributed by atoms with van der Waals surface area (Å²) < 4.78 is 10.5. The van der Waals surface area contributed by atoms with Gasteiger partial charge in [0, 0.05) is 18.8 Å². The fourth-order valence-electron chi connectivity index (χ4n) is 1.97. The molecule has 120 valence electrons. The van der Waals surface area contributed by atoms with Crippen molar-refractivity contribution in [3.8, 4) is 5.75 Å². The lowest BCUT2D eigenvalue weighted by atomic mass is 10.2. The van der Waals surface area contributed by atoms with Gasteiger partial charge in [-0.1, -0.05) is 0 Å². The van der Waals surface area contributed by atoms with E-state index in [2.05, 4.69) is 10.3 Å². The topological polar surface area (TPSA) is 80.7 Å². The summed E-state index contributed by atoms with van der Waals surface area (Å²) in [5, 5.41) is 12.5. The first-order valence-electron chi connectivity index (χ1n) is 6.37. The first-order chi connectivity index (χ1) is 9.20. The van der Waals surface area contributed by atoms with Crippen molar-refractivity contribution in [3.63, 3.8) is 0 Å². The third-order valence-electron chi connectivity index (χ3n) is 2.88. The molecule has 0 spiro atoms. The van der Waals surface area contributed by atoms with Crippen LogP contribution in [0.15, 0.2) is 18.3 Å². The number of halogens is 2. The molecule has 1 fully saturated rings. The predicted octanol–water partition coefficient (Wildman–Crippen LogP) is 1.20. The van der Waals surface area contributed by atoms with E-state index in [1.54, 1.807) is 19.1 Å². The number of pyridine rings is 1. The van der Waals surface area contributed by atoms with Gasteiger partial charge >= 0.3 is 5.97 Å². The van der Waals surface area contributed by atoms with Crippen molar-refractivity contribution >= 4 is 30.8 Å². The van der Waals surface area contributed by atoms with Crippen molar-refractivity contribution in [2.75, 3.05) is 19.8 Å². The van der Waals surface area contributed by atoms with Crippen molar-refractivity contribution < 1.29 is 19.4 Å². The van der Waals surface area contributed by atoms with E-state index < -0.39 is 5.97 Å². The third kappa shape index (κ3) is 5.67. The molecule has 1 aliphatic heterocycles. The minimum atomic E-state index is -0.488. The van der Waals surface area contributed by atoms with E-state index in [1.807, 2.05) is 0 Å². The molecule has 8 heteroatoms. The van der Waals surface area contributed by atoms with Gasteiger partial charge in [-0.2, -0.15) is 0 Å². The maximum absolute atomic E-state index is 11.7. The average Bonchev–Trinajstić information content (AvgIpc) is 2.83. The normalized spacial score (nSPS) is 20.1. The molecule has 0 bridgehead atoms. The number of hydrogen-bond donors (Lipinski definition) is 2. The van der Waals surface area contributed by atoms with E-state index in [0.29, 0.717) is 31.9 Å². The van der Waals surface area contributed by atoms with Crippen LogP contribution < -0.4 is 10.1 Å². The second-order valence-corrected chi connectivity index (χ2v) is 4.38. The Hall–Kier alpha value is -1.08. The van der Waals surface area contributed by atoms with Gasteiger partial charge in [0.1, 0.15) is 6.61 Å². The monoisotopic (exact) mass is 338 g/mol. The highest BCUT2D eigenvalue weighted by molar-refractivity contribution is 5.90. The summed E-state index contributed by atoms with van der Waals surface area (Å²) in [6.07, 6.45) is 1.85. The fourth-order valence-corrected chi connectivity index (χ4v) is 1.97. The van der Waals surface area contributed by atoms with Gasteiger partial charge in [0.25, 0.3) is 0 Å². The molecular formula is C13H20Cl2N2O4. The molecule has 6 nitrogen and oxygen atoms in total. The highest BCUT2D eigenvalue weighted by Crippen LogP contribution is 2.17. The number of hydrogen-bond acceptors (Lipinski definition) is 6. The summed E-state index contributed by atoms with van der Waals surface area (Å²) in [4.78, 5) is 15.7. The van der Waals surface area contributed by atoms with Crippen LogP contribution in [0.3, 0.4) is 0 Å². The molecular weight excluding hydrogens is 319 g/mol. The Balaban J connectivity index is 0.00000200. The molecule has 1 aliphatic rings. The van der Waals surface area contributed by atoms with Crippen LogP contribution in [0.5, 0.6) is 5.75 Å². The molecule has 0 aliphatic carbocycles. The minimum absolute atomic E-state index is 0. The number of nitrogens with one attached hydrogen (secondary N) is 1. The zero-order chi connectivity index (χ0) is 13.7. The number of carbonyl (C=O) groups excluding carboxylic acids is 1. The van der Waals surface area contributed by atoms with Crippen molar-refractivity contribution in [3.05, 3.63) is 24.0 Å². The molecule has 1 aromatic heterocycles. The first kappa shape index (κ1) is 19.9. The van der Waals surface area contributed by atoms with E-state index in [-0.39, 0.29) is 42.7 Å². The Morgan fingerprint density at radius 2 is 2.29 bits per heavy atom. The van der Waals surface area contributed by atoms with Gasteiger partial charge in [-0.15, -0.1) is 24.8 Å². The molecule has 2 N–H and O–H groups in total. The Kier molecular flexibility index (Phi) is 9.28. The van der Waals surface area contributed by atoms with E-state index in [4.69, 9.17) is 9.47 Å². The first-order valence-corrected chi connectivity index (χ1v) is 6.37. The van der Waals surface area contributed by atoms with Gasteiger partial charge < -0.3 is 19.9 Å². The molecule has 2 rings (SSSR count). The van der Waals surface area contributed by atoms with Gasteiger partial charge in [0.05, 0.1) is 12.7 Å². The Morgan fingerprint density at radius 3 is 2.90 bits per heavy atom. The van der Waals surface area contributed by atoms with E-state index in [9.17, 15) is 9.90 Å². The smallest absolute Gasteiger partial charge is 0.360 e. The number of aliphatic hydroxyl groups is 1. The highest BCUT2D eigenvalue weighted by atomic mass is 35.5. The Bertz CT molecular complexity index is 448. The second-order valence-electron chi connectivity index (χ2n) is 4.38. The van der Waals surface area contributed by atoms with Crippen LogP contribution >= 0.6 is 24.8 Å². The molecule has 0 saturated carbocycles. The van der Waals surface area contributed by atoms with Crippen LogP contribution in [0.25, 0.3) is 0 Å². The lowest BCUT2D eigenvalue weighted by molar-refractivity contribution is 0.0513. The van der Waals surface area contributed by atoms with Crippen LogP contribution in [-0.2, 0) is 4.74 Å². The largest absolute Gasteiger partial charge is 0.489 e. The number of nitrogens with zero attached hydrogens (tertiary/aromatic N) is 1. The molecule has 1 aromatic rings. The van der Waals surface area contributed by atoms with Gasteiger partial charge in [-0.05, 0) is 25.5 Å². The fraction of sp³-hybridized carbons (Fsp3) is 0.538.